The van der Waals surface area contributed by atoms with Gasteiger partial charge in [-0.2, -0.15) is 0 Å². The topological polar surface area (TPSA) is 53.1 Å². The van der Waals surface area contributed by atoms with Crippen molar-refractivity contribution in [1.29, 1.82) is 0 Å². The molecule has 1 aromatic heterocycles. The summed E-state index contributed by atoms with van der Waals surface area (Å²) in [7, 11) is 4.17. The average Bonchev–Trinajstić information content (AvgIpc) is 2.63. The predicted octanol–water partition coefficient (Wildman–Crippen LogP) is 2.68. The first-order valence-electron chi connectivity index (χ1n) is 9.65. The summed E-state index contributed by atoms with van der Waals surface area (Å²) in [6, 6.07) is 9.15. The third-order valence-corrected chi connectivity index (χ3v) is 5.72. The summed E-state index contributed by atoms with van der Waals surface area (Å²) in [5.74, 6) is 0.731. The normalized spacial score (nSPS) is 19.1. The second-order valence-corrected chi connectivity index (χ2v) is 8.13. The highest BCUT2D eigenvalue weighted by molar-refractivity contribution is 5.72. The number of likely N-dealkylation sites (N-methyl/N-ethyl adjacent to an activating group) is 1. The maximum Gasteiger partial charge on any atom is 0.223 e. The molecule has 1 aliphatic heterocycles. The number of rotatable bonds is 4. The van der Waals surface area contributed by atoms with Gasteiger partial charge in [-0.25, -0.2) is 9.97 Å². The van der Waals surface area contributed by atoms with Crippen LogP contribution in [0.4, 0.5) is 5.95 Å². The van der Waals surface area contributed by atoms with Crippen LogP contribution >= 0.6 is 0 Å². The predicted molar refractivity (Wildman–Crippen MR) is 107 cm³/mol. The molecular formula is C21H29N5. The van der Waals surface area contributed by atoms with E-state index in [9.17, 15) is 0 Å². The average molecular weight is 351 g/mol. The lowest BCUT2D eigenvalue weighted by atomic mass is 9.64. The zero-order chi connectivity index (χ0) is 18.1. The first-order chi connectivity index (χ1) is 12.6. The van der Waals surface area contributed by atoms with E-state index in [1.165, 1.54) is 29.5 Å². The van der Waals surface area contributed by atoms with Crippen molar-refractivity contribution in [1.82, 2.24) is 20.2 Å². The summed E-state index contributed by atoms with van der Waals surface area (Å²) in [6.45, 7) is 5.30. The van der Waals surface area contributed by atoms with Crippen LogP contribution in [0, 0.1) is 0 Å². The summed E-state index contributed by atoms with van der Waals surface area (Å²) in [5, 5.41) is 6.96. The maximum atomic E-state index is 4.92. The van der Waals surface area contributed by atoms with Crippen LogP contribution in [0.2, 0.25) is 0 Å². The van der Waals surface area contributed by atoms with Crippen LogP contribution in [-0.2, 0) is 11.8 Å². The maximum absolute atomic E-state index is 4.92. The van der Waals surface area contributed by atoms with Crippen LogP contribution in [0.3, 0.4) is 0 Å². The SMILES string of the molecule is CC(CN(C)C)Nc1ncc2c(n1)-c1ccccc1C1(CCNCC1)C2. The fraction of sp³-hybridized carbons (Fsp3) is 0.524. The minimum atomic E-state index is 0.241. The Hall–Kier alpha value is -1.98. The second kappa shape index (κ2) is 6.97. The molecule has 1 unspecified atom stereocenters. The Bertz CT molecular complexity index is 780. The first-order valence-corrected chi connectivity index (χ1v) is 9.65. The van der Waals surface area contributed by atoms with E-state index in [0.717, 1.165) is 37.7 Å². The van der Waals surface area contributed by atoms with Crippen molar-refractivity contribution in [3.63, 3.8) is 0 Å². The van der Waals surface area contributed by atoms with Gasteiger partial charge >= 0.3 is 0 Å². The first kappa shape index (κ1) is 17.4. The van der Waals surface area contributed by atoms with Gasteiger partial charge < -0.3 is 15.5 Å². The Morgan fingerprint density at radius 1 is 1.23 bits per heavy atom. The van der Waals surface area contributed by atoms with E-state index in [4.69, 9.17) is 4.98 Å². The van der Waals surface area contributed by atoms with E-state index in [1.54, 1.807) is 0 Å². The molecule has 2 N–H and O–H groups in total. The lowest BCUT2D eigenvalue weighted by molar-refractivity contribution is 0.302. The number of nitrogens with one attached hydrogen (secondary N) is 2. The largest absolute Gasteiger partial charge is 0.350 e. The van der Waals surface area contributed by atoms with Gasteiger partial charge in [0.25, 0.3) is 0 Å². The van der Waals surface area contributed by atoms with Gasteiger partial charge in [-0.15, -0.1) is 0 Å². The minimum Gasteiger partial charge on any atom is -0.350 e. The number of hydrogen-bond acceptors (Lipinski definition) is 5. The number of fused-ring (bicyclic) bond motifs is 4. The fourth-order valence-electron chi connectivity index (χ4n) is 4.62. The highest BCUT2D eigenvalue weighted by Gasteiger charge is 2.40. The van der Waals surface area contributed by atoms with E-state index in [2.05, 4.69) is 65.8 Å². The molecule has 26 heavy (non-hydrogen) atoms. The minimum absolute atomic E-state index is 0.241. The number of anilines is 1. The lowest BCUT2D eigenvalue weighted by Gasteiger charge is -2.42. The molecule has 5 nitrogen and oxygen atoms in total. The summed E-state index contributed by atoms with van der Waals surface area (Å²) in [6.07, 6.45) is 5.47. The van der Waals surface area contributed by atoms with Crippen LogP contribution < -0.4 is 10.6 Å². The second-order valence-electron chi connectivity index (χ2n) is 8.13. The molecule has 1 fully saturated rings. The van der Waals surface area contributed by atoms with Gasteiger partial charge in [-0.3, -0.25) is 0 Å². The van der Waals surface area contributed by atoms with Gasteiger partial charge in [0, 0.05) is 29.8 Å². The molecule has 5 heteroatoms. The van der Waals surface area contributed by atoms with E-state index in [1.807, 2.05) is 6.20 Å². The van der Waals surface area contributed by atoms with Crippen LogP contribution in [0.1, 0.15) is 30.9 Å². The van der Waals surface area contributed by atoms with Gasteiger partial charge in [-0.05, 0) is 64.5 Å². The van der Waals surface area contributed by atoms with Crippen molar-refractivity contribution in [2.75, 3.05) is 39.0 Å². The molecule has 1 aromatic carbocycles. The van der Waals surface area contributed by atoms with Gasteiger partial charge in [-0.1, -0.05) is 24.3 Å². The molecule has 0 saturated carbocycles. The molecule has 4 rings (SSSR count). The molecule has 0 amide bonds. The van der Waals surface area contributed by atoms with Gasteiger partial charge in [0.2, 0.25) is 5.95 Å². The lowest BCUT2D eigenvalue weighted by Crippen LogP contribution is -2.43. The third-order valence-electron chi connectivity index (χ3n) is 5.72. The molecule has 1 aliphatic carbocycles. The standard InChI is InChI=1S/C21H29N5/c1-15(14-26(2)3)24-20-23-13-16-12-21(8-10-22-11-9-21)18-7-5-4-6-17(18)19(16)25-20/h4-7,13,15,22H,8-12,14H2,1-3H3,(H,23,24,25). The molecule has 1 spiro atoms. The molecule has 1 saturated heterocycles. The molecule has 2 aromatic rings. The van der Waals surface area contributed by atoms with Gasteiger partial charge in [0.15, 0.2) is 0 Å². The highest BCUT2D eigenvalue weighted by Crippen LogP contribution is 2.46. The number of aromatic nitrogens is 2. The quantitative estimate of drug-likeness (QED) is 0.887. The number of benzene rings is 1. The van der Waals surface area contributed by atoms with Crippen LogP contribution in [0.5, 0.6) is 0 Å². The Kier molecular flexibility index (Phi) is 4.67. The van der Waals surface area contributed by atoms with Crippen molar-refractivity contribution in [3.05, 3.63) is 41.6 Å². The van der Waals surface area contributed by atoms with E-state index in [0.29, 0.717) is 6.04 Å². The van der Waals surface area contributed by atoms with E-state index >= 15 is 0 Å². The molecule has 138 valence electrons. The number of piperidine rings is 1. The zero-order valence-electron chi connectivity index (χ0n) is 16.0. The monoisotopic (exact) mass is 351 g/mol. The molecular weight excluding hydrogens is 322 g/mol. The molecule has 2 aliphatic rings. The Morgan fingerprint density at radius 3 is 2.77 bits per heavy atom. The van der Waals surface area contributed by atoms with Crippen molar-refractivity contribution in [2.45, 2.75) is 37.6 Å². The van der Waals surface area contributed by atoms with E-state index < -0.39 is 0 Å². The number of nitrogens with zero attached hydrogens (tertiary/aromatic N) is 3. The van der Waals surface area contributed by atoms with Crippen LogP contribution in [0.25, 0.3) is 11.3 Å². The van der Waals surface area contributed by atoms with Crippen molar-refractivity contribution in [3.8, 4) is 11.3 Å². The molecule has 1 atom stereocenters. The summed E-state index contributed by atoms with van der Waals surface area (Å²) in [4.78, 5) is 11.7. The summed E-state index contributed by atoms with van der Waals surface area (Å²) < 4.78 is 0. The highest BCUT2D eigenvalue weighted by atomic mass is 15.2. The fourth-order valence-corrected chi connectivity index (χ4v) is 4.62. The van der Waals surface area contributed by atoms with Crippen LogP contribution in [0.15, 0.2) is 30.5 Å². The van der Waals surface area contributed by atoms with Crippen LogP contribution in [-0.4, -0.2) is 54.6 Å². The van der Waals surface area contributed by atoms with Crippen molar-refractivity contribution in [2.24, 2.45) is 0 Å². The zero-order valence-corrected chi connectivity index (χ0v) is 16.0. The van der Waals surface area contributed by atoms with Crippen molar-refractivity contribution < 1.29 is 0 Å². The Morgan fingerprint density at radius 2 is 2.00 bits per heavy atom. The summed E-state index contributed by atoms with van der Waals surface area (Å²) >= 11 is 0. The third kappa shape index (κ3) is 3.21. The molecule has 0 bridgehead atoms. The molecule has 2 heterocycles. The smallest absolute Gasteiger partial charge is 0.223 e. The Labute approximate surface area is 156 Å². The van der Waals surface area contributed by atoms with Crippen molar-refractivity contribution >= 4 is 5.95 Å². The number of hydrogen-bond donors (Lipinski definition) is 2. The van der Waals surface area contributed by atoms with Gasteiger partial charge in [0.05, 0.1) is 5.69 Å². The Balaban J connectivity index is 1.69. The van der Waals surface area contributed by atoms with E-state index in [-0.39, 0.29) is 5.41 Å². The molecule has 0 radical (unpaired) electrons. The van der Waals surface area contributed by atoms with Gasteiger partial charge in [0.1, 0.15) is 0 Å². The summed E-state index contributed by atoms with van der Waals surface area (Å²) in [5.41, 5.74) is 5.41.